The molecule has 0 amide bonds. The minimum Gasteiger partial charge on any atom is -0.354 e. The first-order valence-corrected chi connectivity index (χ1v) is 4.28. The fraction of sp³-hybridized carbons (Fsp3) is 0.800. The molecule has 0 aliphatic carbocycles. The van der Waals surface area contributed by atoms with Gasteiger partial charge in [0, 0.05) is 14.2 Å². The van der Waals surface area contributed by atoms with Gasteiger partial charge < -0.3 is 9.47 Å². The standard InChI is InChI=1S/C10H19NO2/c1-7-10(3,4)11-8(2)9(12-5)13-6/h1,8-9,11H,2-6H3. The van der Waals surface area contributed by atoms with Crippen LogP contribution in [0.15, 0.2) is 0 Å². The zero-order valence-corrected chi connectivity index (χ0v) is 9.05. The van der Waals surface area contributed by atoms with Crippen molar-refractivity contribution in [3.8, 4) is 12.3 Å². The largest absolute Gasteiger partial charge is 0.354 e. The molecule has 0 heterocycles. The van der Waals surface area contributed by atoms with E-state index in [0.29, 0.717) is 0 Å². The van der Waals surface area contributed by atoms with Crippen molar-refractivity contribution in [3.05, 3.63) is 0 Å². The Balaban J connectivity index is 4.14. The van der Waals surface area contributed by atoms with Crippen LogP contribution in [0.2, 0.25) is 0 Å². The van der Waals surface area contributed by atoms with Crippen molar-refractivity contribution >= 4 is 0 Å². The average molecular weight is 185 g/mol. The number of hydrogen-bond donors (Lipinski definition) is 1. The minimum absolute atomic E-state index is 0.0565. The van der Waals surface area contributed by atoms with Crippen LogP contribution in [0.1, 0.15) is 20.8 Å². The second-order valence-corrected chi connectivity index (χ2v) is 3.54. The van der Waals surface area contributed by atoms with Crippen LogP contribution in [0.4, 0.5) is 0 Å². The van der Waals surface area contributed by atoms with Crippen LogP contribution < -0.4 is 5.32 Å². The molecule has 0 aromatic heterocycles. The summed E-state index contributed by atoms with van der Waals surface area (Å²) in [5.74, 6) is 2.65. The second-order valence-electron chi connectivity index (χ2n) is 3.54. The first-order chi connectivity index (χ1) is 5.96. The lowest BCUT2D eigenvalue weighted by atomic mass is 10.1. The lowest BCUT2D eigenvalue weighted by molar-refractivity contribution is -0.121. The monoisotopic (exact) mass is 185 g/mol. The third kappa shape index (κ3) is 4.28. The maximum atomic E-state index is 5.34. The third-order valence-electron chi connectivity index (χ3n) is 1.82. The Morgan fingerprint density at radius 1 is 1.31 bits per heavy atom. The maximum Gasteiger partial charge on any atom is 0.171 e. The van der Waals surface area contributed by atoms with Crippen LogP contribution in [0.3, 0.4) is 0 Å². The predicted molar refractivity (Wildman–Crippen MR) is 53.3 cm³/mol. The minimum atomic E-state index is -0.339. The van der Waals surface area contributed by atoms with Crippen molar-refractivity contribution in [1.82, 2.24) is 5.32 Å². The second kappa shape index (κ2) is 5.23. The van der Waals surface area contributed by atoms with Gasteiger partial charge in [-0.3, -0.25) is 5.32 Å². The zero-order valence-electron chi connectivity index (χ0n) is 9.05. The van der Waals surface area contributed by atoms with E-state index in [-0.39, 0.29) is 17.9 Å². The number of nitrogens with one attached hydrogen (secondary N) is 1. The summed E-state index contributed by atoms with van der Waals surface area (Å²) >= 11 is 0. The Morgan fingerprint density at radius 3 is 2.08 bits per heavy atom. The van der Waals surface area contributed by atoms with Gasteiger partial charge in [-0.2, -0.15) is 0 Å². The van der Waals surface area contributed by atoms with Gasteiger partial charge in [0.25, 0.3) is 0 Å². The lowest BCUT2D eigenvalue weighted by Crippen LogP contribution is -2.49. The first kappa shape index (κ1) is 12.4. The Morgan fingerprint density at radius 2 is 1.77 bits per heavy atom. The van der Waals surface area contributed by atoms with E-state index in [1.807, 2.05) is 20.8 Å². The zero-order chi connectivity index (χ0) is 10.5. The summed E-state index contributed by atoms with van der Waals surface area (Å²) in [7, 11) is 3.21. The summed E-state index contributed by atoms with van der Waals surface area (Å²) < 4.78 is 10.2. The summed E-state index contributed by atoms with van der Waals surface area (Å²) in [4.78, 5) is 0. The third-order valence-corrected chi connectivity index (χ3v) is 1.82. The van der Waals surface area contributed by atoms with E-state index in [4.69, 9.17) is 15.9 Å². The summed E-state index contributed by atoms with van der Waals surface area (Å²) in [5.41, 5.74) is -0.339. The predicted octanol–water partition coefficient (Wildman–Crippen LogP) is 0.995. The van der Waals surface area contributed by atoms with Gasteiger partial charge in [-0.1, -0.05) is 5.92 Å². The number of hydrogen-bond acceptors (Lipinski definition) is 3. The van der Waals surface area contributed by atoms with Gasteiger partial charge in [0.05, 0.1) is 11.6 Å². The Hall–Kier alpha value is -0.560. The average Bonchev–Trinajstić information content (AvgIpc) is 2.06. The number of terminal acetylenes is 1. The van der Waals surface area contributed by atoms with Gasteiger partial charge in [-0.25, -0.2) is 0 Å². The highest BCUT2D eigenvalue weighted by molar-refractivity contribution is 5.08. The van der Waals surface area contributed by atoms with Crippen molar-refractivity contribution in [2.45, 2.75) is 38.6 Å². The first-order valence-electron chi connectivity index (χ1n) is 4.28. The summed E-state index contributed by atoms with van der Waals surface area (Å²) in [6.45, 7) is 5.84. The van der Waals surface area contributed by atoms with E-state index in [2.05, 4.69) is 11.2 Å². The van der Waals surface area contributed by atoms with E-state index in [1.165, 1.54) is 0 Å². The highest BCUT2D eigenvalue weighted by atomic mass is 16.7. The molecule has 1 atom stereocenters. The number of rotatable bonds is 5. The molecule has 0 radical (unpaired) electrons. The molecule has 0 aliphatic rings. The molecule has 0 bridgehead atoms. The van der Waals surface area contributed by atoms with Gasteiger partial charge >= 0.3 is 0 Å². The summed E-state index contributed by atoms with van der Waals surface area (Å²) in [6, 6.07) is 0.0565. The molecule has 3 nitrogen and oxygen atoms in total. The van der Waals surface area contributed by atoms with E-state index >= 15 is 0 Å². The molecule has 0 spiro atoms. The SMILES string of the molecule is C#CC(C)(C)NC(C)C(OC)OC. The highest BCUT2D eigenvalue weighted by Crippen LogP contribution is 2.06. The van der Waals surface area contributed by atoms with Crippen LogP contribution in [-0.2, 0) is 9.47 Å². The van der Waals surface area contributed by atoms with E-state index in [0.717, 1.165) is 0 Å². The summed E-state index contributed by atoms with van der Waals surface area (Å²) in [5, 5.41) is 3.22. The molecule has 1 unspecified atom stereocenters. The highest BCUT2D eigenvalue weighted by Gasteiger charge is 2.22. The lowest BCUT2D eigenvalue weighted by Gasteiger charge is -2.29. The summed E-state index contributed by atoms with van der Waals surface area (Å²) in [6.07, 6.45) is 5.07. The molecule has 0 rings (SSSR count). The van der Waals surface area contributed by atoms with Crippen molar-refractivity contribution < 1.29 is 9.47 Å². The maximum absolute atomic E-state index is 5.34. The van der Waals surface area contributed by atoms with Gasteiger partial charge in [-0.05, 0) is 20.8 Å². The molecule has 0 saturated heterocycles. The topological polar surface area (TPSA) is 30.5 Å². The van der Waals surface area contributed by atoms with Crippen LogP contribution in [0.25, 0.3) is 0 Å². The molecule has 0 aromatic carbocycles. The van der Waals surface area contributed by atoms with E-state index in [1.54, 1.807) is 14.2 Å². The molecule has 13 heavy (non-hydrogen) atoms. The normalized spacial score (nSPS) is 14.2. The number of methoxy groups -OCH3 is 2. The molecule has 0 fully saturated rings. The smallest absolute Gasteiger partial charge is 0.171 e. The fourth-order valence-electron chi connectivity index (χ4n) is 1.18. The van der Waals surface area contributed by atoms with Gasteiger partial charge in [0.15, 0.2) is 6.29 Å². The molecule has 0 saturated carbocycles. The van der Waals surface area contributed by atoms with E-state index < -0.39 is 0 Å². The number of ether oxygens (including phenoxy) is 2. The fourth-order valence-corrected chi connectivity index (χ4v) is 1.18. The van der Waals surface area contributed by atoms with Crippen LogP contribution in [-0.4, -0.2) is 32.1 Å². The van der Waals surface area contributed by atoms with Crippen molar-refractivity contribution in [2.24, 2.45) is 0 Å². The van der Waals surface area contributed by atoms with Crippen molar-refractivity contribution in [3.63, 3.8) is 0 Å². The van der Waals surface area contributed by atoms with E-state index in [9.17, 15) is 0 Å². The van der Waals surface area contributed by atoms with Crippen LogP contribution in [0, 0.1) is 12.3 Å². The Labute approximate surface area is 80.8 Å². The van der Waals surface area contributed by atoms with Crippen LogP contribution >= 0.6 is 0 Å². The van der Waals surface area contributed by atoms with Gasteiger partial charge in [0.1, 0.15) is 0 Å². The molecule has 0 aromatic rings. The van der Waals surface area contributed by atoms with Crippen molar-refractivity contribution in [2.75, 3.05) is 14.2 Å². The Kier molecular flexibility index (Phi) is 5.01. The van der Waals surface area contributed by atoms with Gasteiger partial charge in [0.2, 0.25) is 0 Å². The Bertz CT molecular complexity index is 180. The quantitative estimate of drug-likeness (QED) is 0.512. The molecule has 3 heteroatoms. The molecule has 1 N–H and O–H groups in total. The van der Waals surface area contributed by atoms with Crippen LogP contribution in [0.5, 0.6) is 0 Å². The molecule has 76 valence electrons. The molecule has 0 aliphatic heterocycles. The molecular weight excluding hydrogens is 166 g/mol. The van der Waals surface area contributed by atoms with Crippen molar-refractivity contribution in [1.29, 1.82) is 0 Å². The molecular formula is C10H19NO2. The van der Waals surface area contributed by atoms with Gasteiger partial charge in [-0.15, -0.1) is 6.42 Å².